The highest BCUT2D eigenvalue weighted by Gasteiger charge is 2.50. The lowest BCUT2D eigenvalue weighted by molar-refractivity contribution is -0.174. The van der Waals surface area contributed by atoms with E-state index in [1.54, 1.807) is 12.1 Å². The molecule has 1 atom stereocenters. The summed E-state index contributed by atoms with van der Waals surface area (Å²) in [6, 6.07) is 5.03. The molecule has 9 heteroatoms. The SMILES string of the molecule is CCCOC(=O)Nc1ccc(N2CCCC(OC(=O)N3C4CC5CC3CC(C4)O5)C2)c(F)c1. The summed E-state index contributed by atoms with van der Waals surface area (Å²) < 4.78 is 31.7. The predicted molar refractivity (Wildman–Crippen MR) is 120 cm³/mol. The van der Waals surface area contributed by atoms with Crippen molar-refractivity contribution in [3.63, 3.8) is 0 Å². The van der Waals surface area contributed by atoms with Crippen molar-refractivity contribution < 1.29 is 28.2 Å². The zero-order chi connectivity index (χ0) is 22.9. The highest BCUT2D eigenvalue weighted by Crippen LogP contribution is 2.43. The monoisotopic (exact) mass is 461 g/mol. The summed E-state index contributed by atoms with van der Waals surface area (Å²) in [7, 11) is 0. The van der Waals surface area contributed by atoms with E-state index in [9.17, 15) is 14.0 Å². The second kappa shape index (κ2) is 9.37. The molecular formula is C24H32FN3O5. The highest BCUT2D eigenvalue weighted by molar-refractivity contribution is 5.85. The second-order valence-electron chi connectivity index (χ2n) is 9.56. The molecule has 5 saturated heterocycles. The van der Waals surface area contributed by atoms with Crippen LogP contribution in [0.2, 0.25) is 0 Å². The van der Waals surface area contributed by atoms with Crippen molar-refractivity contribution in [2.24, 2.45) is 0 Å². The molecule has 5 fully saturated rings. The van der Waals surface area contributed by atoms with Gasteiger partial charge in [-0.2, -0.15) is 0 Å². The number of anilines is 2. The molecule has 0 aliphatic carbocycles. The number of rotatable bonds is 5. The molecule has 4 bridgehead atoms. The number of benzene rings is 1. The zero-order valence-electron chi connectivity index (χ0n) is 19.0. The van der Waals surface area contributed by atoms with Crippen LogP contribution in [0.4, 0.5) is 25.4 Å². The van der Waals surface area contributed by atoms with Gasteiger partial charge in [-0.25, -0.2) is 14.0 Å². The summed E-state index contributed by atoms with van der Waals surface area (Å²) in [5.41, 5.74) is 0.784. The fourth-order valence-electron chi connectivity index (χ4n) is 5.79. The van der Waals surface area contributed by atoms with Crippen molar-refractivity contribution in [1.29, 1.82) is 0 Å². The van der Waals surface area contributed by atoms with Crippen LogP contribution in [-0.2, 0) is 14.2 Å². The third kappa shape index (κ3) is 4.74. The Morgan fingerprint density at radius 3 is 2.58 bits per heavy atom. The van der Waals surface area contributed by atoms with Crippen LogP contribution in [0.25, 0.3) is 0 Å². The van der Waals surface area contributed by atoms with Crippen molar-refractivity contribution in [2.45, 2.75) is 82.3 Å². The average Bonchev–Trinajstić information content (AvgIpc) is 2.77. The Hall–Kier alpha value is -2.55. The third-order valence-corrected chi connectivity index (χ3v) is 7.14. The number of halogens is 1. The number of nitrogens with one attached hydrogen (secondary N) is 1. The Kier molecular flexibility index (Phi) is 6.32. The predicted octanol–water partition coefficient (Wildman–Crippen LogP) is 4.28. The number of hydrogen-bond acceptors (Lipinski definition) is 6. The quantitative estimate of drug-likeness (QED) is 0.705. The molecule has 0 saturated carbocycles. The fourth-order valence-corrected chi connectivity index (χ4v) is 5.79. The Labute approximate surface area is 193 Å². The molecule has 1 unspecified atom stereocenters. The van der Waals surface area contributed by atoms with E-state index >= 15 is 0 Å². The van der Waals surface area contributed by atoms with Crippen LogP contribution in [-0.4, -0.2) is 67.2 Å². The normalized spacial score (nSPS) is 30.3. The summed E-state index contributed by atoms with van der Waals surface area (Å²) in [4.78, 5) is 28.6. The summed E-state index contributed by atoms with van der Waals surface area (Å²) >= 11 is 0. The number of carbonyl (C=O) groups is 2. The van der Waals surface area contributed by atoms with Gasteiger partial charge in [0.05, 0.1) is 31.0 Å². The first-order valence-corrected chi connectivity index (χ1v) is 12.1. The smallest absolute Gasteiger partial charge is 0.411 e. The number of piperidine rings is 3. The van der Waals surface area contributed by atoms with Gasteiger partial charge in [0.15, 0.2) is 0 Å². The van der Waals surface area contributed by atoms with Gasteiger partial charge in [0.2, 0.25) is 0 Å². The summed E-state index contributed by atoms with van der Waals surface area (Å²) in [6.07, 6.45) is 5.36. The molecule has 0 spiro atoms. The van der Waals surface area contributed by atoms with Crippen molar-refractivity contribution in [1.82, 2.24) is 4.90 Å². The van der Waals surface area contributed by atoms with Gasteiger partial charge in [0, 0.05) is 24.3 Å². The Morgan fingerprint density at radius 1 is 1.18 bits per heavy atom. The van der Waals surface area contributed by atoms with E-state index in [2.05, 4.69) is 5.32 Å². The lowest BCUT2D eigenvalue weighted by atomic mass is 9.78. The van der Waals surface area contributed by atoms with Gasteiger partial charge in [0.25, 0.3) is 0 Å². The van der Waals surface area contributed by atoms with Crippen LogP contribution in [0.1, 0.15) is 51.9 Å². The molecule has 8 nitrogen and oxygen atoms in total. The van der Waals surface area contributed by atoms with Gasteiger partial charge in [-0.15, -0.1) is 0 Å². The molecule has 1 N–H and O–H groups in total. The highest BCUT2D eigenvalue weighted by atomic mass is 19.1. The fraction of sp³-hybridized carbons (Fsp3) is 0.667. The van der Waals surface area contributed by atoms with Crippen LogP contribution in [0.15, 0.2) is 18.2 Å². The Balaban J connectivity index is 1.18. The molecule has 33 heavy (non-hydrogen) atoms. The molecule has 5 aliphatic heterocycles. The molecule has 5 aliphatic rings. The van der Waals surface area contributed by atoms with E-state index in [4.69, 9.17) is 14.2 Å². The molecular weight excluding hydrogens is 429 g/mol. The molecule has 1 aromatic rings. The average molecular weight is 462 g/mol. The van der Waals surface area contributed by atoms with Crippen LogP contribution in [0.3, 0.4) is 0 Å². The molecule has 0 radical (unpaired) electrons. The second-order valence-corrected chi connectivity index (χ2v) is 9.56. The maximum absolute atomic E-state index is 14.9. The van der Waals surface area contributed by atoms with Crippen LogP contribution in [0.5, 0.6) is 0 Å². The topological polar surface area (TPSA) is 80.3 Å². The number of carbonyl (C=O) groups excluding carboxylic acids is 2. The first kappa shape index (κ1) is 22.3. The lowest BCUT2D eigenvalue weighted by Crippen LogP contribution is -2.64. The van der Waals surface area contributed by atoms with Crippen LogP contribution >= 0.6 is 0 Å². The van der Waals surface area contributed by atoms with Crippen molar-refractivity contribution >= 4 is 23.6 Å². The van der Waals surface area contributed by atoms with Crippen molar-refractivity contribution in [3.05, 3.63) is 24.0 Å². The molecule has 2 amide bonds. The number of ether oxygens (including phenoxy) is 3. The maximum atomic E-state index is 14.9. The number of amides is 2. The molecule has 6 rings (SSSR count). The van der Waals surface area contributed by atoms with E-state index in [-0.39, 0.29) is 36.5 Å². The first-order chi connectivity index (χ1) is 16.0. The number of nitrogens with zero attached hydrogens (tertiary/aromatic N) is 2. The van der Waals surface area contributed by atoms with Gasteiger partial charge >= 0.3 is 12.2 Å². The summed E-state index contributed by atoms with van der Waals surface area (Å²) in [6.45, 7) is 3.35. The van der Waals surface area contributed by atoms with Gasteiger partial charge in [0.1, 0.15) is 11.9 Å². The maximum Gasteiger partial charge on any atom is 0.411 e. The van der Waals surface area contributed by atoms with E-state index in [1.165, 1.54) is 6.07 Å². The van der Waals surface area contributed by atoms with E-state index in [0.717, 1.165) is 44.9 Å². The minimum atomic E-state index is -0.597. The lowest BCUT2D eigenvalue weighted by Gasteiger charge is -2.55. The first-order valence-electron chi connectivity index (χ1n) is 12.1. The van der Waals surface area contributed by atoms with Gasteiger partial charge in [-0.3, -0.25) is 5.32 Å². The summed E-state index contributed by atoms with van der Waals surface area (Å²) in [5.74, 6) is -0.431. The molecule has 5 heterocycles. The Morgan fingerprint density at radius 2 is 1.91 bits per heavy atom. The van der Waals surface area contributed by atoms with E-state index < -0.39 is 11.9 Å². The molecule has 180 valence electrons. The van der Waals surface area contributed by atoms with E-state index in [1.807, 2.05) is 16.7 Å². The van der Waals surface area contributed by atoms with Gasteiger partial charge in [-0.1, -0.05) is 6.92 Å². The number of hydrogen-bond donors (Lipinski definition) is 1. The third-order valence-electron chi connectivity index (χ3n) is 7.14. The standard InChI is InChI=1S/C24H32FN3O5/c1-2-8-31-23(29)26-15-5-6-22(21(25)9-15)27-7-3-4-18(14-27)33-24(30)28-16-10-19-12-17(28)13-20(11-16)32-19/h5-6,9,16-20H,2-4,7-8,10-14H2,1H3,(H,26,29). The van der Waals surface area contributed by atoms with Crippen LogP contribution < -0.4 is 10.2 Å². The molecule has 0 aromatic heterocycles. The zero-order valence-corrected chi connectivity index (χ0v) is 19.0. The van der Waals surface area contributed by atoms with Gasteiger partial charge < -0.3 is 24.0 Å². The van der Waals surface area contributed by atoms with Crippen LogP contribution in [0, 0.1) is 5.82 Å². The van der Waals surface area contributed by atoms with Gasteiger partial charge in [-0.05, 0) is 63.1 Å². The minimum absolute atomic E-state index is 0.218. The van der Waals surface area contributed by atoms with Crippen molar-refractivity contribution in [2.75, 3.05) is 29.9 Å². The van der Waals surface area contributed by atoms with E-state index in [0.29, 0.717) is 31.1 Å². The largest absolute Gasteiger partial charge is 0.449 e. The summed E-state index contributed by atoms with van der Waals surface area (Å²) in [5, 5.41) is 2.54. The Bertz CT molecular complexity index is 869. The molecule has 1 aromatic carbocycles. The van der Waals surface area contributed by atoms with Crippen molar-refractivity contribution in [3.8, 4) is 0 Å². The minimum Gasteiger partial charge on any atom is -0.449 e.